The van der Waals surface area contributed by atoms with Gasteiger partial charge in [0.1, 0.15) is 11.5 Å². The van der Waals surface area contributed by atoms with Crippen LogP contribution in [0.4, 0.5) is 34.1 Å². The number of hydrogen-bond acceptors (Lipinski definition) is 4. The van der Waals surface area contributed by atoms with E-state index < -0.39 is 0 Å². The van der Waals surface area contributed by atoms with E-state index in [4.69, 9.17) is 0 Å². The van der Waals surface area contributed by atoms with Crippen molar-refractivity contribution in [2.45, 2.75) is 0 Å². The Morgan fingerprint density at radius 1 is 0.281 bits per heavy atom. The summed E-state index contributed by atoms with van der Waals surface area (Å²) in [4.78, 5) is 4.63. The van der Waals surface area contributed by atoms with Crippen LogP contribution in [0.25, 0.3) is 66.4 Å². The summed E-state index contributed by atoms with van der Waals surface area (Å²) in [6.45, 7) is 0. The number of benzene rings is 11. The molecule has 0 aliphatic heterocycles. The van der Waals surface area contributed by atoms with Crippen molar-refractivity contribution in [1.82, 2.24) is 0 Å². The van der Waals surface area contributed by atoms with Gasteiger partial charge in [0.25, 0.3) is 0 Å². The van der Waals surface area contributed by atoms with Crippen molar-refractivity contribution in [3.63, 3.8) is 0 Å². The topological polar surface area (TPSA) is 46.9 Å². The molecular formula is C60H42N2O2. The van der Waals surface area contributed by atoms with Crippen LogP contribution in [-0.4, -0.2) is 10.2 Å². The average molecular weight is 823 g/mol. The van der Waals surface area contributed by atoms with Gasteiger partial charge in [0.2, 0.25) is 0 Å². The van der Waals surface area contributed by atoms with Gasteiger partial charge in [0.15, 0.2) is 0 Å². The molecule has 11 aromatic carbocycles. The van der Waals surface area contributed by atoms with E-state index in [1.165, 1.54) is 38.4 Å². The van der Waals surface area contributed by atoms with Crippen LogP contribution in [0.5, 0.6) is 11.5 Å². The van der Waals surface area contributed by atoms with Crippen molar-refractivity contribution in [3.8, 4) is 22.6 Å². The van der Waals surface area contributed by atoms with Crippen LogP contribution in [0.3, 0.4) is 0 Å². The first kappa shape index (κ1) is 38.3. The lowest BCUT2D eigenvalue weighted by Gasteiger charge is -2.26. The molecule has 4 nitrogen and oxygen atoms in total. The first-order valence-corrected chi connectivity index (χ1v) is 21.5. The number of phenols is 2. The zero-order valence-electron chi connectivity index (χ0n) is 34.9. The third-order valence-electron chi connectivity index (χ3n) is 12.1. The molecule has 0 unspecified atom stereocenters. The Hall–Kier alpha value is -8.60. The van der Waals surface area contributed by atoms with Crippen molar-refractivity contribution >= 4 is 89.4 Å². The molecule has 0 aromatic heterocycles. The minimum absolute atomic E-state index is 0.0271. The molecule has 2 N–H and O–H groups in total. The van der Waals surface area contributed by atoms with Gasteiger partial charge in [-0.1, -0.05) is 152 Å². The van der Waals surface area contributed by atoms with E-state index in [0.29, 0.717) is 0 Å². The van der Waals surface area contributed by atoms with Crippen LogP contribution in [-0.2, 0) is 0 Å². The van der Waals surface area contributed by atoms with Crippen LogP contribution >= 0.6 is 0 Å². The predicted molar refractivity (Wildman–Crippen MR) is 270 cm³/mol. The zero-order chi connectivity index (χ0) is 43.0. The zero-order valence-corrected chi connectivity index (χ0v) is 34.9. The number of anilines is 6. The van der Waals surface area contributed by atoms with E-state index in [1.54, 1.807) is 12.1 Å². The second kappa shape index (κ2) is 16.4. The molecule has 0 heterocycles. The lowest BCUT2D eigenvalue weighted by atomic mass is 9.97. The van der Waals surface area contributed by atoms with Gasteiger partial charge in [-0.05, 0) is 150 Å². The summed E-state index contributed by atoms with van der Waals surface area (Å²) in [5.41, 5.74) is 10.3. The highest BCUT2D eigenvalue weighted by atomic mass is 16.3. The molecule has 0 aliphatic carbocycles. The summed E-state index contributed by atoms with van der Waals surface area (Å²) in [5, 5.41) is 29.8. The van der Waals surface area contributed by atoms with Gasteiger partial charge in [-0.15, -0.1) is 0 Å². The van der Waals surface area contributed by atoms with Gasteiger partial charge in [-0.25, -0.2) is 0 Å². The number of phenolic OH excluding ortho intramolecular Hbond substituents is 2. The third-order valence-corrected chi connectivity index (χ3v) is 12.1. The third kappa shape index (κ3) is 7.55. The Morgan fingerprint density at radius 3 is 1.08 bits per heavy atom. The monoisotopic (exact) mass is 822 g/mol. The van der Waals surface area contributed by atoms with E-state index in [0.717, 1.165) is 67.2 Å². The van der Waals surface area contributed by atoms with Gasteiger partial charge in [-0.2, -0.15) is 0 Å². The van der Waals surface area contributed by atoms with Crippen molar-refractivity contribution in [3.05, 3.63) is 242 Å². The van der Waals surface area contributed by atoms with Gasteiger partial charge in [-0.3, -0.25) is 0 Å². The molecule has 0 fully saturated rings. The summed E-state index contributed by atoms with van der Waals surface area (Å²) in [7, 11) is 0. The van der Waals surface area contributed by atoms with Crippen LogP contribution < -0.4 is 9.80 Å². The minimum Gasteiger partial charge on any atom is -0.508 e. The number of hydrogen-bond donors (Lipinski definition) is 2. The molecule has 0 saturated heterocycles. The first-order valence-electron chi connectivity index (χ1n) is 21.5. The van der Waals surface area contributed by atoms with E-state index >= 15 is 0 Å². The maximum atomic E-state index is 10.3. The molecule has 11 rings (SSSR count). The molecule has 0 amide bonds. The fraction of sp³-hybridized carbons (Fsp3) is 0. The lowest BCUT2D eigenvalue weighted by molar-refractivity contribution is 0.451. The Kier molecular flexibility index (Phi) is 9.79. The van der Waals surface area contributed by atoms with Crippen LogP contribution in [0.2, 0.25) is 0 Å². The minimum atomic E-state index is 0.0271. The Labute approximate surface area is 372 Å². The molecule has 11 aromatic rings. The van der Waals surface area contributed by atoms with Gasteiger partial charge in [0, 0.05) is 40.2 Å². The van der Waals surface area contributed by atoms with Crippen LogP contribution in [0.15, 0.2) is 231 Å². The Morgan fingerprint density at radius 2 is 0.641 bits per heavy atom. The highest BCUT2D eigenvalue weighted by Gasteiger charge is 2.17. The standard InChI is InChI=1S/C60H42N2O2/c63-57-38-50(39-58(64)40-57)59-15-7-14-49-37-56(32-33-60(49)59)62(55-31-24-45-10-3-6-13-48(45)36-55)52-27-20-42(21-28-52)17-16-41-18-25-51(26-19-41)61(53-29-22-43-8-1-4-11-46(43)34-53)54-30-23-44-9-2-5-12-47(44)35-54/h1-40,63-64H. The summed E-state index contributed by atoms with van der Waals surface area (Å²) in [6, 6.07) is 80.2. The highest BCUT2D eigenvalue weighted by Crippen LogP contribution is 2.41. The van der Waals surface area contributed by atoms with E-state index in [-0.39, 0.29) is 11.5 Å². The summed E-state index contributed by atoms with van der Waals surface area (Å²) < 4.78 is 0. The van der Waals surface area contributed by atoms with Crippen molar-refractivity contribution in [2.75, 3.05) is 9.80 Å². The quantitative estimate of drug-likeness (QED) is 0.142. The van der Waals surface area contributed by atoms with Crippen molar-refractivity contribution in [1.29, 1.82) is 0 Å². The fourth-order valence-electron chi connectivity index (χ4n) is 8.92. The fourth-order valence-corrected chi connectivity index (χ4v) is 8.92. The number of aromatic hydroxyl groups is 2. The largest absolute Gasteiger partial charge is 0.508 e. The predicted octanol–water partition coefficient (Wildman–Crippen LogP) is 16.5. The molecule has 0 radical (unpaired) electrons. The van der Waals surface area contributed by atoms with Gasteiger partial charge in [0.05, 0.1) is 0 Å². The molecule has 0 aliphatic rings. The van der Waals surface area contributed by atoms with E-state index in [9.17, 15) is 10.2 Å². The van der Waals surface area contributed by atoms with Gasteiger partial charge >= 0.3 is 0 Å². The summed E-state index contributed by atoms with van der Waals surface area (Å²) >= 11 is 0. The highest BCUT2D eigenvalue weighted by molar-refractivity contribution is 6.00. The number of fused-ring (bicyclic) bond motifs is 4. The SMILES string of the molecule is Oc1cc(O)cc(-c2cccc3cc(N(c4ccc(C=Cc5ccc(N(c6ccc7ccccc7c6)c6ccc7ccccc7c6)cc5)cc4)c4ccc5ccccc5c4)ccc23)c1. The van der Waals surface area contributed by atoms with Crippen molar-refractivity contribution in [2.24, 2.45) is 0 Å². The van der Waals surface area contributed by atoms with E-state index in [1.807, 2.05) is 12.1 Å². The maximum Gasteiger partial charge on any atom is 0.119 e. The molecule has 0 atom stereocenters. The molecule has 4 heteroatoms. The molecule has 0 spiro atoms. The second-order valence-corrected chi connectivity index (χ2v) is 16.2. The molecule has 0 bridgehead atoms. The summed E-state index contributed by atoms with van der Waals surface area (Å²) in [6.07, 6.45) is 4.34. The summed E-state index contributed by atoms with van der Waals surface area (Å²) in [5.74, 6) is 0.0543. The Balaban J connectivity index is 0.907. The molecular weight excluding hydrogens is 781 g/mol. The van der Waals surface area contributed by atoms with Crippen molar-refractivity contribution < 1.29 is 10.2 Å². The van der Waals surface area contributed by atoms with Crippen LogP contribution in [0, 0.1) is 0 Å². The molecule has 304 valence electrons. The smallest absolute Gasteiger partial charge is 0.119 e. The average Bonchev–Trinajstić information content (AvgIpc) is 3.33. The number of rotatable bonds is 9. The second-order valence-electron chi connectivity index (χ2n) is 16.2. The lowest BCUT2D eigenvalue weighted by Crippen LogP contribution is -2.10. The molecule has 0 saturated carbocycles. The molecule has 64 heavy (non-hydrogen) atoms. The Bertz CT molecular complexity index is 3440. The maximum absolute atomic E-state index is 10.3. The number of nitrogens with zero attached hydrogens (tertiary/aromatic N) is 2. The normalized spacial score (nSPS) is 11.5. The first-order chi connectivity index (χ1) is 31.5. The van der Waals surface area contributed by atoms with Gasteiger partial charge < -0.3 is 20.0 Å². The van der Waals surface area contributed by atoms with Crippen LogP contribution in [0.1, 0.15) is 11.1 Å². The van der Waals surface area contributed by atoms with E-state index in [2.05, 4.69) is 222 Å².